The molecule has 130 valence electrons. The summed E-state index contributed by atoms with van der Waals surface area (Å²) in [6.07, 6.45) is 0. The smallest absolute Gasteiger partial charge is 0.254 e. The van der Waals surface area contributed by atoms with E-state index in [0.717, 1.165) is 30.3 Å². The molecule has 25 heavy (non-hydrogen) atoms. The fourth-order valence-corrected chi connectivity index (χ4v) is 3.36. The second-order valence-electron chi connectivity index (χ2n) is 5.95. The molecule has 2 aromatic rings. The number of hydrogen-bond acceptors (Lipinski definition) is 4. The molecule has 1 amide bonds. The van der Waals surface area contributed by atoms with Crippen LogP contribution in [0, 0.1) is 0 Å². The van der Waals surface area contributed by atoms with Crippen LogP contribution >= 0.6 is 23.2 Å². The van der Waals surface area contributed by atoms with Crippen molar-refractivity contribution in [3.05, 3.63) is 52.0 Å². The number of carbonyl (C=O) groups excluding carboxylic acids is 1. The zero-order valence-electron chi connectivity index (χ0n) is 13.4. The van der Waals surface area contributed by atoms with Gasteiger partial charge in [-0.2, -0.15) is 0 Å². The van der Waals surface area contributed by atoms with E-state index in [4.69, 9.17) is 32.7 Å². The average molecular weight is 379 g/mol. The Bertz CT molecular complexity index is 820. The summed E-state index contributed by atoms with van der Waals surface area (Å²) in [5.74, 6) is 1.52. The lowest BCUT2D eigenvalue weighted by atomic mass is 10.1. The van der Waals surface area contributed by atoms with Crippen LogP contribution in [-0.4, -0.2) is 43.8 Å². The van der Waals surface area contributed by atoms with Crippen molar-refractivity contribution >= 4 is 34.8 Å². The van der Waals surface area contributed by atoms with Crippen LogP contribution in [0.3, 0.4) is 0 Å². The molecule has 0 aromatic heterocycles. The zero-order valence-corrected chi connectivity index (χ0v) is 14.9. The molecule has 0 spiro atoms. The minimum Gasteiger partial charge on any atom is -0.454 e. The largest absolute Gasteiger partial charge is 0.454 e. The van der Waals surface area contributed by atoms with Gasteiger partial charge in [0, 0.05) is 43.5 Å². The third-order valence-corrected chi connectivity index (χ3v) is 5.19. The van der Waals surface area contributed by atoms with Crippen molar-refractivity contribution in [1.29, 1.82) is 0 Å². The third-order valence-electron chi connectivity index (χ3n) is 4.45. The van der Waals surface area contributed by atoms with Crippen molar-refractivity contribution in [2.24, 2.45) is 0 Å². The lowest BCUT2D eigenvalue weighted by Crippen LogP contribution is -2.48. The van der Waals surface area contributed by atoms with Gasteiger partial charge in [-0.25, -0.2) is 0 Å². The highest BCUT2D eigenvalue weighted by molar-refractivity contribution is 6.42. The molecule has 7 heteroatoms. The van der Waals surface area contributed by atoms with Gasteiger partial charge in [0.15, 0.2) is 11.5 Å². The Morgan fingerprint density at radius 3 is 2.40 bits per heavy atom. The first-order chi connectivity index (χ1) is 12.1. The maximum atomic E-state index is 12.6. The number of ether oxygens (including phenoxy) is 2. The highest BCUT2D eigenvalue weighted by Gasteiger charge is 2.24. The summed E-state index contributed by atoms with van der Waals surface area (Å²) < 4.78 is 10.8. The number of benzene rings is 2. The molecule has 4 rings (SSSR count). The summed E-state index contributed by atoms with van der Waals surface area (Å²) in [7, 11) is 0. The van der Waals surface area contributed by atoms with E-state index < -0.39 is 0 Å². The lowest BCUT2D eigenvalue weighted by Gasteiger charge is -2.36. The van der Waals surface area contributed by atoms with Crippen LogP contribution in [0.15, 0.2) is 36.4 Å². The second-order valence-corrected chi connectivity index (χ2v) is 6.76. The summed E-state index contributed by atoms with van der Waals surface area (Å²) in [5, 5.41) is 0.845. The number of fused-ring (bicyclic) bond motifs is 1. The first-order valence-corrected chi connectivity index (χ1v) is 8.76. The Balaban J connectivity index is 1.42. The Hall–Kier alpha value is -2.11. The van der Waals surface area contributed by atoms with Crippen molar-refractivity contribution in [1.82, 2.24) is 4.90 Å². The maximum Gasteiger partial charge on any atom is 0.254 e. The van der Waals surface area contributed by atoms with E-state index in [9.17, 15) is 4.79 Å². The quantitative estimate of drug-likeness (QED) is 0.799. The molecule has 0 saturated carbocycles. The molecule has 5 nitrogen and oxygen atoms in total. The SMILES string of the molecule is O=C(c1ccc(Cl)c(Cl)c1)N1CCN(c2ccc3c(c2)OCO3)CC1. The fraction of sp³-hybridized carbons (Fsp3) is 0.278. The molecule has 0 atom stereocenters. The summed E-state index contributed by atoms with van der Waals surface area (Å²) in [4.78, 5) is 16.7. The van der Waals surface area contributed by atoms with Gasteiger partial charge in [-0.3, -0.25) is 4.79 Å². The maximum absolute atomic E-state index is 12.6. The Morgan fingerprint density at radius 2 is 1.64 bits per heavy atom. The van der Waals surface area contributed by atoms with Crippen LogP contribution in [0.1, 0.15) is 10.4 Å². The normalized spacial score (nSPS) is 16.2. The predicted molar refractivity (Wildman–Crippen MR) is 97.1 cm³/mol. The van der Waals surface area contributed by atoms with Crippen molar-refractivity contribution in [3.63, 3.8) is 0 Å². The molecule has 0 radical (unpaired) electrons. The standard InChI is InChI=1S/C18H16Cl2N2O3/c19-14-3-1-12(9-15(14)20)18(23)22-7-5-21(6-8-22)13-2-4-16-17(10-13)25-11-24-16/h1-4,9-10H,5-8,11H2. The van der Waals surface area contributed by atoms with E-state index >= 15 is 0 Å². The minimum atomic E-state index is -0.0242. The Morgan fingerprint density at radius 1 is 0.880 bits per heavy atom. The van der Waals surface area contributed by atoms with E-state index in [2.05, 4.69) is 4.90 Å². The highest BCUT2D eigenvalue weighted by Crippen LogP contribution is 2.35. The molecular formula is C18H16Cl2N2O3. The molecule has 2 aliphatic rings. The number of hydrogen-bond donors (Lipinski definition) is 0. The topological polar surface area (TPSA) is 42.0 Å². The molecule has 2 aromatic carbocycles. The molecule has 0 unspecified atom stereocenters. The summed E-state index contributed by atoms with van der Waals surface area (Å²) >= 11 is 11.9. The van der Waals surface area contributed by atoms with Crippen molar-refractivity contribution in [2.75, 3.05) is 37.9 Å². The van der Waals surface area contributed by atoms with Crippen LogP contribution in [0.4, 0.5) is 5.69 Å². The zero-order chi connectivity index (χ0) is 17.4. The molecule has 0 aliphatic carbocycles. The van der Waals surface area contributed by atoms with Crippen LogP contribution in [0.25, 0.3) is 0 Å². The first kappa shape index (κ1) is 16.4. The molecule has 2 aliphatic heterocycles. The van der Waals surface area contributed by atoms with E-state index in [-0.39, 0.29) is 12.7 Å². The van der Waals surface area contributed by atoms with Crippen molar-refractivity contribution in [2.45, 2.75) is 0 Å². The van der Waals surface area contributed by atoms with Gasteiger partial charge in [-0.05, 0) is 30.3 Å². The number of amides is 1. The van der Waals surface area contributed by atoms with Crippen LogP contribution in [0.5, 0.6) is 11.5 Å². The van der Waals surface area contributed by atoms with E-state index in [1.165, 1.54) is 0 Å². The fourth-order valence-electron chi connectivity index (χ4n) is 3.06. The van der Waals surface area contributed by atoms with Crippen molar-refractivity contribution < 1.29 is 14.3 Å². The van der Waals surface area contributed by atoms with Gasteiger partial charge >= 0.3 is 0 Å². The van der Waals surface area contributed by atoms with E-state index in [1.54, 1.807) is 18.2 Å². The second kappa shape index (κ2) is 6.65. The molecule has 1 saturated heterocycles. The average Bonchev–Trinajstić information content (AvgIpc) is 3.11. The van der Waals surface area contributed by atoms with Crippen LogP contribution in [-0.2, 0) is 0 Å². The van der Waals surface area contributed by atoms with E-state index in [0.29, 0.717) is 28.7 Å². The van der Waals surface area contributed by atoms with Crippen LogP contribution in [0.2, 0.25) is 10.0 Å². The number of rotatable bonds is 2. The van der Waals surface area contributed by atoms with Gasteiger partial charge < -0.3 is 19.3 Å². The number of nitrogens with zero attached hydrogens (tertiary/aromatic N) is 2. The van der Waals surface area contributed by atoms with Gasteiger partial charge in [0.1, 0.15) is 0 Å². The summed E-state index contributed by atoms with van der Waals surface area (Å²) in [6.45, 7) is 3.07. The Labute approximate surface area is 155 Å². The molecule has 0 bridgehead atoms. The van der Waals surface area contributed by atoms with Crippen LogP contribution < -0.4 is 14.4 Å². The van der Waals surface area contributed by atoms with Gasteiger partial charge in [-0.1, -0.05) is 23.2 Å². The monoisotopic (exact) mass is 378 g/mol. The first-order valence-electron chi connectivity index (χ1n) is 8.01. The van der Waals surface area contributed by atoms with E-state index in [1.807, 2.05) is 23.1 Å². The van der Waals surface area contributed by atoms with Gasteiger partial charge in [0.25, 0.3) is 5.91 Å². The number of halogens is 2. The number of carbonyl (C=O) groups is 1. The number of piperazine rings is 1. The predicted octanol–water partition coefficient (Wildman–Crippen LogP) is 3.68. The summed E-state index contributed by atoms with van der Waals surface area (Å²) in [6, 6.07) is 10.9. The lowest BCUT2D eigenvalue weighted by molar-refractivity contribution is 0.0746. The molecule has 0 N–H and O–H groups in total. The minimum absolute atomic E-state index is 0.0242. The Kier molecular flexibility index (Phi) is 4.36. The molecule has 1 fully saturated rings. The molecule has 2 heterocycles. The third kappa shape index (κ3) is 3.22. The molecular weight excluding hydrogens is 363 g/mol. The van der Waals surface area contributed by atoms with Gasteiger partial charge in [0.05, 0.1) is 10.0 Å². The van der Waals surface area contributed by atoms with Crippen molar-refractivity contribution in [3.8, 4) is 11.5 Å². The highest BCUT2D eigenvalue weighted by atomic mass is 35.5. The summed E-state index contributed by atoms with van der Waals surface area (Å²) in [5.41, 5.74) is 1.64. The van der Waals surface area contributed by atoms with Gasteiger partial charge in [-0.15, -0.1) is 0 Å². The number of anilines is 1. The van der Waals surface area contributed by atoms with Gasteiger partial charge in [0.2, 0.25) is 6.79 Å².